The highest BCUT2D eigenvalue weighted by Gasteiger charge is 2.22. The van der Waals surface area contributed by atoms with Gasteiger partial charge in [-0.1, -0.05) is 6.07 Å². The van der Waals surface area contributed by atoms with Crippen LogP contribution >= 0.6 is 27.3 Å². The molecule has 0 spiro atoms. The highest BCUT2D eigenvalue weighted by atomic mass is 79.9. The van der Waals surface area contributed by atoms with Crippen LogP contribution in [0.2, 0.25) is 0 Å². The lowest BCUT2D eigenvalue weighted by atomic mass is 10.1. The van der Waals surface area contributed by atoms with Gasteiger partial charge in [-0.3, -0.25) is 4.79 Å². The van der Waals surface area contributed by atoms with Gasteiger partial charge in [0, 0.05) is 9.35 Å². The number of hydrogen-bond donors (Lipinski definition) is 2. The molecule has 1 amide bonds. The van der Waals surface area contributed by atoms with Crippen molar-refractivity contribution in [1.82, 2.24) is 0 Å². The van der Waals surface area contributed by atoms with E-state index in [2.05, 4.69) is 21.2 Å². The number of anilines is 1. The third-order valence-electron chi connectivity index (χ3n) is 3.02. The first-order valence-corrected chi connectivity index (χ1v) is 7.52. The van der Waals surface area contributed by atoms with Crippen molar-refractivity contribution in [2.24, 2.45) is 0 Å². The second kappa shape index (κ2) is 5.95. The summed E-state index contributed by atoms with van der Waals surface area (Å²) in [5, 5.41) is 11.9. The predicted molar refractivity (Wildman–Crippen MR) is 82.8 cm³/mol. The Hall–Kier alpha value is -1.73. The SMILES string of the molecule is Cc1sc(NC(=O)c2c(F)cccc2Br)c(C(=O)O)c1C. The van der Waals surface area contributed by atoms with Crippen LogP contribution in [0.5, 0.6) is 0 Å². The molecule has 1 aromatic heterocycles. The van der Waals surface area contributed by atoms with Crippen molar-refractivity contribution in [3.63, 3.8) is 0 Å². The average molecular weight is 372 g/mol. The van der Waals surface area contributed by atoms with Gasteiger partial charge in [0.2, 0.25) is 0 Å². The van der Waals surface area contributed by atoms with Crippen molar-refractivity contribution >= 4 is 44.1 Å². The molecule has 0 unspecified atom stereocenters. The number of carboxylic acids is 1. The van der Waals surface area contributed by atoms with Crippen LogP contribution in [0.15, 0.2) is 22.7 Å². The van der Waals surface area contributed by atoms with E-state index in [9.17, 15) is 19.1 Å². The van der Waals surface area contributed by atoms with E-state index in [-0.39, 0.29) is 16.1 Å². The lowest BCUT2D eigenvalue weighted by molar-refractivity contribution is 0.0697. The molecule has 1 aromatic carbocycles. The van der Waals surface area contributed by atoms with Crippen molar-refractivity contribution < 1.29 is 19.1 Å². The van der Waals surface area contributed by atoms with E-state index in [1.165, 1.54) is 12.1 Å². The third-order valence-corrected chi connectivity index (χ3v) is 4.80. The van der Waals surface area contributed by atoms with Gasteiger partial charge < -0.3 is 10.4 Å². The van der Waals surface area contributed by atoms with Crippen molar-refractivity contribution in [2.75, 3.05) is 5.32 Å². The first-order chi connectivity index (χ1) is 9.82. The van der Waals surface area contributed by atoms with Gasteiger partial charge >= 0.3 is 5.97 Å². The topological polar surface area (TPSA) is 66.4 Å². The number of aromatic carboxylic acids is 1. The van der Waals surface area contributed by atoms with Crippen LogP contribution in [-0.2, 0) is 0 Å². The molecule has 2 aromatic rings. The molecule has 0 saturated heterocycles. The van der Waals surface area contributed by atoms with E-state index in [0.717, 1.165) is 16.2 Å². The quantitative estimate of drug-likeness (QED) is 0.848. The van der Waals surface area contributed by atoms with Gasteiger partial charge in [-0.05, 0) is 47.5 Å². The summed E-state index contributed by atoms with van der Waals surface area (Å²) in [5.74, 6) is -2.49. The van der Waals surface area contributed by atoms with E-state index in [1.54, 1.807) is 19.9 Å². The minimum Gasteiger partial charge on any atom is -0.478 e. The molecule has 0 aliphatic carbocycles. The smallest absolute Gasteiger partial charge is 0.338 e. The Labute approximate surface area is 132 Å². The number of thiophene rings is 1. The number of carboxylic acid groups (broad SMARTS) is 1. The maximum absolute atomic E-state index is 13.7. The fraction of sp³-hybridized carbons (Fsp3) is 0.143. The summed E-state index contributed by atoms with van der Waals surface area (Å²) in [7, 11) is 0. The Bertz CT molecular complexity index is 722. The molecule has 4 nitrogen and oxygen atoms in total. The number of carbonyl (C=O) groups excluding carboxylic acids is 1. The van der Waals surface area contributed by atoms with E-state index < -0.39 is 17.7 Å². The van der Waals surface area contributed by atoms with Crippen LogP contribution in [0.25, 0.3) is 0 Å². The zero-order chi connectivity index (χ0) is 15.7. The van der Waals surface area contributed by atoms with E-state index in [0.29, 0.717) is 10.0 Å². The van der Waals surface area contributed by atoms with Crippen molar-refractivity contribution in [1.29, 1.82) is 0 Å². The summed E-state index contributed by atoms with van der Waals surface area (Å²) >= 11 is 4.27. The lowest BCUT2D eigenvalue weighted by Crippen LogP contribution is -2.15. The Balaban J connectivity index is 2.41. The summed E-state index contributed by atoms with van der Waals surface area (Å²) in [6.45, 7) is 3.44. The molecule has 0 fully saturated rings. The van der Waals surface area contributed by atoms with Gasteiger partial charge in [0.1, 0.15) is 10.8 Å². The Morgan fingerprint density at radius 1 is 1.29 bits per heavy atom. The molecule has 0 aliphatic rings. The molecule has 1 heterocycles. The number of halogens is 2. The first-order valence-electron chi connectivity index (χ1n) is 5.91. The molecule has 2 rings (SSSR count). The fourth-order valence-corrected chi connectivity index (χ4v) is 3.42. The predicted octanol–water partition coefficient (Wildman–Crippen LogP) is 4.22. The van der Waals surface area contributed by atoms with Crippen molar-refractivity contribution in [3.8, 4) is 0 Å². The van der Waals surface area contributed by atoms with E-state index in [4.69, 9.17) is 0 Å². The van der Waals surface area contributed by atoms with Crippen LogP contribution in [0.1, 0.15) is 31.2 Å². The molecule has 0 bridgehead atoms. The molecule has 7 heteroatoms. The number of carbonyl (C=O) groups is 2. The number of amides is 1. The van der Waals surface area contributed by atoms with Gasteiger partial charge in [-0.2, -0.15) is 0 Å². The van der Waals surface area contributed by atoms with Crippen LogP contribution in [0.4, 0.5) is 9.39 Å². The molecule has 110 valence electrons. The van der Waals surface area contributed by atoms with E-state index in [1.807, 2.05) is 0 Å². The second-order valence-corrected chi connectivity index (χ2v) is 6.42. The summed E-state index contributed by atoms with van der Waals surface area (Å²) in [5.41, 5.74) is 0.478. The normalized spacial score (nSPS) is 10.5. The molecule has 0 aliphatic heterocycles. The summed E-state index contributed by atoms with van der Waals surface area (Å²) in [6, 6.07) is 4.18. The van der Waals surface area contributed by atoms with Gasteiger partial charge in [0.15, 0.2) is 0 Å². The zero-order valence-corrected chi connectivity index (χ0v) is 13.6. The van der Waals surface area contributed by atoms with Crippen LogP contribution in [0, 0.1) is 19.7 Å². The average Bonchev–Trinajstić information content (AvgIpc) is 2.64. The molecular weight excluding hydrogens is 361 g/mol. The number of hydrogen-bond acceptors (Lipinski definition) is 3. The van der Waals surface area contributed by atoms with Gasteiger partial charge in [-0.25, -0.2) is 9.18 Å². The van der Waals surface area contributed by atoms with Crippen molar-refractivity contribution in [3.05, 3.63) is 50.1 Å². The standard InChI is InChI=1S/C14H11BrFNO3S/c1-6-7(2)21-13(10(6)14(19)20)17-12(18)11-8(15)4-3-5-9(11)16/h3-5H,1-2H3,(H,17,18)(H,19,20). The van der Waals surface area contributed by atoms with Crippen molar-refractivity contribution in [2.45, 2.75) is 13.8 Å². The molecule has 2 N–H and O–H groups in total. The lowest BCUT2D eigenvalue weighted by Gasteiger charge is -2.07. The fourth-order valence-electron chi connectivity index (χ4n) is 1.85. The Morgan fingerprint density at radius 2 is 1.95 bits per heavy atom. The molecule has 21 heavy (non-hydrogen) atoms. The number of benzene rings is 1. The van der Waals surface area contributed by atoms with Crippen LogP contribution in [0.3, 0.4) is 0 Å². The second-order valence-electron chi connectivity index (χ2n) is 4.34. The number of rotatable bonds is 3. The van der Waals surface area contributed by atoms with Gasteiger partial charge in [0.05, 0.1) is 11.1 Å². The highest BCUT2D eigenvalue weighted by molar-refractivity contribution is 9.10. The highest BCUT2D eigenvalue weighted by Crippen LogP contribution is 2.33. The van der Waals surface area contributed by atoms with Gasteiger partial charge in [0.25, 0.3) is 5.91 Å². The third kappa shape index (κ3) is 2.98. The molecular formula is C14H11BrFNO3S. The monoisotopic (exact) mass is 371 g/mol. The molecule has 0 saturated carbocycles. The zero-order valence-electron chi connectivity index (χ0n) is 11.2. The number of nitrogens with one attached hydrogen (secondary N) is 1. The summed E-state index contributed by atoms with van der Waals surface area (Å²) < 4.78 is 14.1. The van der Waals surface area contributed by atoms with Gasteiger partial charge in [-0.15, -0.1) is 11.3 Å². The molecule has 0 radical (unpaired) electrons. The number of aryl methyl sites for hydroxylation is 1. The maximum atomic E-state index is 13.7. The minimum absolute atomic E-state index is 0.0401. The molecule has 0 atom stereocenters. The maximum Gasteiger partial charge on any atom is 0.338 e. The summed E-state index contributed by atoms with van der Waals surface area (Å²) in [4.78, 5) is 24.3. The van der Waals surface area contributed by atoms with Crippen LogP contribution < -0.4 is 5.32 Å². The minimum atomic E-state index is -1.13. The van der Waals surface area contributed by atoms with Crippen LogP contribution in [-0.4, -0.2) is 17.0 Å². The largest absolute Gasteiger partial charge is 0.478 e. The Kier molecular flexibility index (Phi) is 4.43. The Morgan fingerprint density at radius 3 is 2.52 bits per heavy atom. The first kappa shape index (κ1) is 15.7. The summed E-state index contributed by atoms with van der Waals surface area (Å²) in [6.07, 6.45) is 0. The van der Waals surface area contributed by atoms with E-state index >= 15 is 0 Å².